The second-order valence-corrected chi connectivity index (χ2v) is 7.77. The summed E-state index contributed by atoms with van der Waals surface area (Å²) in [5.41, 5.74) is 2.10. The highest BCUT2D eigenvalue weighted by molar-refractivity contribution is 14.1. The summed E-state index contributed by atoms with van der Waals surface area (Å²) in [6.45, 7) is 12.2. The lowest BCUT2D eigenvalue weighted by Gasteiger charge is -2.47. The molecule has 2 nitrogen and oxygen atoms in total. The van der Waals surface area contributed by atoms with Crippen molar-refractivity contribution < 1.29 is 4.79 Å². The van der Waals surface area contributed by atoms with Gasteiger partial charge in [-0.2, -0.15) is 5.26 Å². The molecule has 4 atom stereocenters. The third-order valence-electron chi connectivity index (χ3n) is 5.59. The highest BCUT2D eigenvalue weighted by Crippen LogP contribution is 2.51. The number of hydrogen-bond acceptors (Lipinski definition) is 2. The van der Waals surface area contributed by atoms with Crippen LogP contribution in [0.5, 0.6) is 0 Å². The van der Waals surface area contributed by atoms with Crippen LogP contribution in [-0.4, -0.2) is 5.78 Å². The van der Waals surface area contributed by atoms with E-state index in [9.17, 15) is 10.1 Å². The van der Waals surface area contributed by atoms with Gasteiger partial charge in [0.25, 0.3) is 0 Å². The molecule has 0 aromatic carbocycles. The highest BCUT2D eigenvalue weighted by Gasteiger charge is 2.48. The van der Waals surface area contributed by atoms with Crippen LogP contribution in [0.1, 0.15) is 53.4 Å². The van der Waals surface area contributed by atoms with Crippen LogP contribution < -0.4 is 0 Å². The summed E-state index contributed by atoms with van der Waals surface area (Å²) in [4.78, 5) is 12.6. The Morgan fingerprint density at radius 1 is 1.43 bits per heavy atom. The quantitative estimate of drug-likeness (QED) is 0.298. The van der Waals surface area contributed by atoms with Crippen molar-refractivity contribution in [2.24, 2.45) is 23.2 Å². The average molecular weight is 425 g/mol. The molecule has 0 bridgehead atoms. The van der Waals surface area contributed by atoms with Gasteiger partial charge in [-0.15, -0.1) is 0 Å². The zero-order chi connectivity index (χ0) is 17.6. The molecule has 1 saturated carbocycles. The van der Waals surface area contributed by atoms with E-state index in [4.69, 9.17) is 0 Å². The maximum Gasteiger partial charge on any atom is 0.160 e. The van der Waals surface area contributed by atoms with Gasteiger partial charge in [-0.1, -0.05) is 54.7 Å². The minimum atomic E-state index is -0.213. The van der Waals surface area contributed by atoms with Gasteiger partial charge in [-0.05, 0) is 66.6 Å². The number of ketones is 1. The molecular formula is C20H28INO. The van der Waals surface area contributed by atoms with Gasteiger partial charge in [0.15, 0.2) is 5.78 Å². The van der Waals surface area contributed by atoms with Gasteiger partial charge in [0.1, 0.15) is 0 Å². The fourth-order valence-corrected chi connectivity index (χ4v) is 3.86. The fourth-order valence-electron chi connectivity index (χ4n) is 3.55. The van der Waals surface area contributed by atoms with Crippen molar-refractivity contribution in [1.82, 2.24) is 0 Å². The van der Waals surface area contributed by atoms with Crippen LogP contribution in [0.25, 0.3) is 0 Å². The lowest BCUT2D eigenvalue weighted by atomic mass is 9.55. The summed E-state index contributed by atoms with van der Waals surface area (Å²) in [6, 6.07) is 2.49. The summed E-state index contributed by atoms with van der Waals surface area (Å²) in [5.74, 6) is 0.158. The maximum absolute atomic E-state index is 12.6. The zero-order valence-corrected chi connectivity index (χ0v) is 16.9. The van der Waals surface area contributed by atoms with Crippen molar-refractivity contribution >= 4 is 28.4 Å². The Kier molecular flexibility index (Phi) is 7.73. The van der Waals surface area contributed by atoms with E-state index in [0.29, 0.717) is 5.92 Å². The molecule has 23 heavy (non-hydrogen) atoms. The molecule has 0 aromatic rings. The Morgan fingerprint density at radius 2 is 2.09 bits per heavy atom. The van der Waals surface area contributed by atoms with E-state index in [2.05, 4.69) is 60.1 Å². The van der Waals surface area contributed by atoms with Crippen LogP contribution in [0.15, 0.2) is 34.0 Å². The lowest BCUT2D eigenvalue weighted by Crippen LogP contribution is -2.44. The molecule has 1 rings (SSSR count). The molecule has 1 aliphatic carbocycles. The Hall–Kier alpha value is -0.890. The van der Waals surface area contributed by atoms with Crippen molar-refractivity contribution in [3.05, 3.63) is 34.0 Å². The molecular weight excluding hydrogens is 397 g/mol. The number of halogens is 1. The minimum Gasteiger partial charge on any atom is -0.294 e. The summed E-state index contributed by atoms with van der Waals surface area (Å²) < 4.78 is 2.11. The summed E-state index contributed by atoms with van der Waals surface area (Å²) in [7, 11) is 0. The predicted molar refractivity (Wildman–Crippen MR) is 105 cm³/mol. The number of rotatable bonds is 6. The SMILES string of the molecule is C=C/C(C)=C/C(=O)[C@@H]1CC[C@@H](C)[C@](C)(CC/C(C)=C/I)[C@@H]1C#N. The molecule has 0 amide bonds. The Bertz CT molecular complexity index is 554. The van der Waals surface area contributed by atoms with E-state index < -0.39 is 0 Å². The van der Waals surface area contributed by atoms with Crippen molar-refractivity contribution in [2.75, 3.05) is 0 Å². The van der Waals surface area contributed by atoms with Gasteiger partial charge in [0, 0.05) is 5.92 Å². The van der Waals surface area contributed by atoms with Crippen molar-refractivity contribution in [3.63, 3.8) is 0 Å². The molecule has 0 spiro atoms. The molecule has 0 saturated heterocycles. The third kappa shape index (κ3) is 4.79. The molecule has 1 fully saturated rings. The maximum atomic E-state index is 12.6. The Labute approximate surface area is 154 Å². The van der Waals surface area contributed by atoms with Crippen LogP contribution >= 0.6 is 22.6 Å². The first-order chi connectivity index (χ1) is 10.8. The molecule has 3 heteroatoms. The Balaban J connectivity index is 3.07. The van der Waals surface area contributed by atoms with Gasteiger partial charge in [0.2, 0.25) is 0 Å². The summed E-state index contributed by atoms with van der Waals surface area (Å²) in [6.07, 6.45) is 7.14. The molecule has 0 unspecified atom stereocenters. The van der Waals surface area contributed by atoms with E-state index in [-0.39, 0.29) is 23.0 Å². The predicted octanol–water partition coefficient (Wildman–Crippen LogP) is 6.00. The number of carbonyl (C=O) groups is 1. The second-order valence-electron chi connectivity index (χ2n) is 7.15. The zero-order valence-electron chi connectivity index (χ0n) is 14.7. The summed E-state index contributed by atoms with van der Waals surface area (Å²) >= 11 is 2.27. The first-order valence-electron chi connectivity index (χ1n) is 8.30. The first-order valence-corrected chi connectivity index (χ1v) is 9.54. The van der Waals surface area contributed by atoms with E-state index in [1.54, 1.807) is 12.2 Å². The monoisotopic (exact) mass is 425 g/mol. The van der Waals surface area contributed by atoms with Crippen LogP contribution in [0.4, 0.5) is 0 Å². The summed E-state index contributed by atoms with van der Waals surface area (Å²) in [5, 5.41) is 9.82. The normalized spacial score (nSPS) is 32.3. The average Bonchev–Trinajstić information content (AvgIpc) is 2.54. The molecule has 0 aromatic heterocycles. The largest absolute Gasteiger partial charge is 0.294 e. The number of allylic oxidation sites excluding steroid dienone is 4. The van der Waals surface area contributed by atoms with Gasteiger partial charge in [-0.25, -0.2) is 0 Å². The van der Waals surface area contributed by atoms with E-state index in [1.165, 1.54) is 5.57 Å². The molecule has 0 aliphatic heterocycles. The first kappa shape index (κ1) is 20.2. The second kappa shape index (κ2) is 8.82. The molecule has 1 aliphatic rings. The van der Waals surface area contributed by atoms with E-state index in [0.717, 1.165) is 31.3 Å². The number of nitrogens with zero attached hydrogens (tertiary/aromatic N) is 1. The lowest BCUT2D eigenvalue weighted by molar-refractivity contribution is -0.123. The topological polar surface area (TPSA) is 40.9 Å². The fraction of sp³-hybridized carbons (Fsp3) is 0.600. The van der Waals surface area contributed by atoms with Gasteiger partial charge >= 0.3 is 0 Å². The van der Waals surface area contributed by atoms with Crippen molar-refractivity contribution in [3.8, 4) is 6.07 Å². The number of hydrogen-bond donors (Lipinski definition) is 0. The molecule has 0 N–H and O–H groups in total. The smallest absolute Gasteiger partial charge is 0.160 e. The number of carbonyl (C=O) groups excluding carboxylic acids is 1. The standard InChI is InChI=1S/C20H28INO/c1-6-14(2)11-19(23)17-8-7-16(4)20(5,18(17)13-22)10-9-15(3)12-21/h6,11-12,16-18H,1,7-10H2,2-5H3/b14-11+,15-12+/t16-,17-,18-,20+/m1/s1. The highest BCUT2D eigenvalue weighted by atomic mass is 127. The van der Waals surface area contributed by atoms with Crippen molar-refractivity contribution in [1.29, 1.82) is 5.26 Å². The van der Waals surface area contributed by atoms with Crippen LogP contribution in [0, 0.1) is 34.5 Å². The van der Waals surface area contributed by atoms with Crippen molar-refractivity contribution in [2.45, 2.75) is 53.4 Å². The Morgan fingerprint density at radius 3 is 2.61 bits per heavy atom. The van der Waals surface area contributed by atoms with Gasteiger partial charge < -0.3 is 0 Å². The van der Waals surface area contributed by atoms with E-state index >= 15 is 0 Å². The van der Waals surface area contributed by atoms with Crippen LogP contribution in [0.2, 0.25) is 0 Å². The third-order valence-corrected chi connectivity index (χ3v) is 6.65. The molecule has 0 heterocycles. The van der Waals surface area contributed by atoms with Gasteiger partial charge in [-0.3, -0.25) is 4.79 Å². The van der Waals surface area contributed by atoms with E-state index in [1.807, 2.05) is 6.92 Å². The number of nitriles is 1. The minimum absolute atomic E-state index is 0.0910. The van der Waals surface area contributed by atoms with Crippen LogP contribution in [-0.2, 0) is 4.79 Å². The van der Waals surface area contributed by atoms with Gasteiger partial charge in [0.05, 0.1) is 12.0 Å². The van der Waals surface area contributed by atoms with Crippen LogP contribution in [0.3, 0.4) is 0 Å². The molecule has 126 valence electrons. The molecule has 0 radical (unpaired) electrons.